The summed E-state index contributed by atoms with van der Waals surface area (Å²) >= 11 is 0. The summed E-state index contributed by atoms with van der Waals surface area (Å²) in [7, 11) is 4.09. The third kappa shape index (κ3) is 4.37. The second kappa shape index (κ2) is 8.25. The summed E-state index contributed by atoms with van der Waals surface area (Å²) in [6.07, 6.45) is 6.51. The lowest BCUT2D eigenvalue weighted by Crippen LogP contribution is -2.58. The van der Waals surface area contributed by atoms with Crippen LogP contribution in [0.1, 0.15) is 29.6 Å². The molecule has 2 saturated heterocycles. The number of pyridine rings is 1. The number of piperidine rings is 1. The van der Waals surface area contributed by atoms with E-state index in [9.17, 15) is 4.79 Å². The molecule has 0 N–H and O–H groups in total. The van der Waals surface area contributed by atoms with E-state index in [1.165, 1.54) is 0 Å². The Hall–Kier alpha value is -1.50. The molecular weight excluding hydrogens is 318 g/mol. The third-order valence-corrected chi connectivity index (χ3v) is 5.27. The van der Waals surface area contributed by atoms with E-state index in [2.05, 4.69) is 9.88 Å². The Kier molecular flexibility index (Phi) is 6.04. The topological polar surface area (TPSA) is 54.9 Å². The Morgan fingerprint density at radius 3 is 3.00 bits per heavy atom. The molecule has 2 fully saturated rings. The molecule has 1 aromatic rings. The van der Waals surface area contributed by atoms with Crippen LogP contribution in [0, 0.1) is 5.41 Å². The highest BCUT2D eigenvalue weighted by Crippen LogP contribution is 2.40. The summed E-state index contributed by atoms with van der Waals surface area (Å²) in [6.45, 7) is 4.54. The van der Waals surface area contributed by atoms with E-state index in [1.807, 2.05) is 19.0 Å². The highest BCUT2D eigenvalue weighted by molar-refractivity contribution is 5.94. The van der Waals surface area contributed by atoms with Crippen LogP contribution in [0.2, 0.25) is 0 Å². The van der Waals surface area contributed by atoms with Gasteiger partial charge in [-0.15, -0.1) is 0 Å². The highest BCUT2D eigenvalue weighted by atomic mass is 16.5. The van der Waals surface area contributed by atoms with Gasteiger partial charge in [0, 0.05) is 49.6 Å². The predicted octanol–water partition coefficient (Wildman–Crippen LogP) is 1.67. The first kappa shape index (κ1) is 18.3. The summed E-state index contributed by atoms with van der Waals surface area (Å²) in [6, 6.07) is 3.57. The number of carbonyl (C=O) groups is 1. The van der Waals surface area contributed by atoms with Gasteiger partial charge in [0.25, 0.3) is 5.91 Å². The van der Waals surface area contributed by atoms with Crippen LogP contribution >= 0.6 is 0 Å². The molecule has 25 heavy (non-hydrogen) atoms. The molecule has 0 radical (unpaired) electrons. The van der Waals surface area contributed by atoms with Gasteiger partial charge in [-0.25, -0.2) is 0 Å². The molecule has 2 aliphatic rings. The minimum absolute atomic E-state index is 0.0779. The second-order valence-electron chi connectivity index (χ2n) is 7.43. The summed E-state index contributed by atoms with van der Waals surface area (Å²) < 4.78 is 12.1. The van der Waals surface area contributed by atoms with Gasteiger partial charge in [-0.3, -0.25) is 9.78 Å². The number of likely N-dealkylation sites (N-methyl/N-ethyl adjacent to an activating group) is 1. The molecule has 0 aromatic carbocycles. The zero-order chi connectivity index (χ0) is 17.7. The molecular formula is C19H29N3O3. The van der Waals surface area contributed by atoms with Gasteiger partial charge in [-0.2, -0.15) is 0 Å². The van der Waals surface area contributed by atoms with E-state index in [4.69, 9.17) is 9.47 Å². The van der Waals surface area contributed by atoms with Crippen LogP contribution < -0.4 is 0 Å². The number of amides is 1. The Labute approximate surface area is 150 Å². The van der Waals surface area contributed by atoms with Crippen LogP contribution in [-0.2, 0) is 9.47 Å². The second-order valence-corrected chi connectivity index (χ2v) is 7.43. The molecule has 0 bridgehead atoms. The van der Waals surface area contributed by atoms with Gasteiger partial charge in [0.1, 0.15) is 0 Å². The summed E-state index contributed by atoms with van der Waals surface area (Å²) in [4.78, 5) is 20.9. The molecule has 0 spiro atoms. The molecule has 0 saturated carbocycles. The van der Waals surface area contributed by atoms with E-state index in [-0.39, 0.29) is 17.4 Å². The molecule has 6 nitrogen and oxygen atoms in total. The quantitative estimate of drug-likeness (QED) is 0.733. The fourth-order valence-corrected chi connectivity index (χ4v) is 3.87. The van der Waals surface area contributed by atoms with Gasteiger partial charge in [-0.1, -0.05) is 0 Å². The number of hydrogen-bond donors (Lipinski definition) is 0. The number of nitrogens with zero attached hydrogens (tertiary/aromatic N) is 3. The Bertz CT molecular complexity index is 566. The average Bonchev–Trinajstić information content (AvgIpc) is 2.65. The molecule has 2 unspecified atom stereocenters. The number of hydrogen-bond acceptors (Lipinski definition) is 5. The maximum absolute atomic E-state index is 12.8. The smallest absolute Gasteiger partial charge is 0.253 e. The summed E-state index contributed by atoms with van der Waals surface area (Å²) in [5.74, 6) is 0.0825. The number of fused-ring (bicyclic) bond motifs is 1. The molecule has 1 aromatic heterocycles. The van der Waals surface area contributed by atoms with Crippen molar-refractivity contribution < 1.29 is 14.3 Å². The summed E-state index contributed by atoms with van der Waals surface area (Å²) in [5, 5.41) is 0. The fraction of sp³-hybridized carbons (Fsp3) is 0.684. The molecule has 2 aliphatic heterocycles. The van der Waals surface area contributed by atoms with Crippen molar-refractivity contribution in [1.82, 2.24) is 14.8 Å². The van der Waals surface area contributed by atoms with E-state index in [0.717, 1.165) is 39.0 Å². The van der Waals surface area contributed by atoms with Crippen molar-refractivity contribution in [3.8, 4) is 0 Å². The van der Waals surface area contributed by atoms with Crippen molar-refractivity contribution >= 4 is 5.91 Å². The van der Waals surface area contributed by atoms with Crippen molar-refractivity contribution in [1.29, 1.82) is 0 Å². The number of likely N-dealkylation sites (tertiary alicyclic amines) is 1. The summed E-state index contributed by atoms with van der Waals surface area (Å²) in [5.41, 5.74) is 0.625. The van der Waals surface area contributed by atoms with Crippen LogP contribution in [-0.4, -0.2) is 80.3 Å². The molecule has 2 atom stereocenters. The van der Waals surface area contributed by atoms with Crippen molar-refractivity contribution in [2.24, 2.45) is 5.41 Å². The Morgan fingerprint density at radius 2 is 2.24 bits per heavy atom. The monoisotopic (exact) mass is 347 g/mol. The minimum Gasteiger partial charge on any atom is -0.379 e. The van der Waals surface area contributed by atoms with Crippen molar-refractivity contribution in [3.05, 3.63) is 30.1 Å². The van der Waals surface area contributed by atoms with Crippen LogP contribution in [0.15, 0.2) is 24.5 Å². The molecule has 3 rings (SSSR count). The Balaban J connectivity index is 1.67. The van der Waals surface area contributed by atoms with Gasteiger partial charge in [-0.05, 0) is 45.5 Å². The van der Waals surface area contributed by atoms with E-state index >= 15 is 0 Å². The fourth-order valence-electron chi connectivity index (χ4n) is 3.87. The first-order chi connectivity index (χ1) is 12.1. The van der Waals surface area contributed by atoms with Gasteiger partial charge in [0.05, 0.1) is 19.3 Å². The normalized spacial score (nSPS) is 26.5. The molecule has 1 amide bonds. The van der Waals surface area contributed by atoms with E-state index in [0.29, 0.717) is 25.3 Å². The zero-order valence-electron chi connectivity index (χ0n) is 15.3. The van der Waals surface area contributed by atoms with Crippen LogP contribution in [0.3, 0.4) is 0 Å². The van der Waals surface area contributed by atoms with Crippen molar-refractivity contribution in [3.63, 3.8) is 0 Å². The third-order valence-electron chi connectivity index (χ3n) is 5.27. The highest BCUT2D eigenvalue weighted by Gasteiger charge is 2.47. The number of rotatable bonds is 6. The van der Waals surface area contributed by atoms with Crippen molar-refractivity contribution in [2.45, 2.75) is 25.4 Å². The number of ether oxygens (including phenoxy) is 2. The number of aromatic nitrogens is 1. The maximum atomic E-state index is 12.8. The van der Waals surface area contributed by atoms with Gasteiger partial charge >= 0.3 is 0 Å². The van der Waals surface area contributed by atoms with Crippen LogP contribution in [0.25, 0.3) is 0 Å². The standard InChI is InChI=1S/C19H29N3O3/c1-21(2)11-13-24-15-19-7-3-12-25-17(19)6-10-22(14-19)18(23)16-4-8-20-9-5-16/h4-5,8-9,17H,3,6-7,10-15H2,1-2H3. The molecule has 138 valence electrons. The molecule has 3 heterocycles. The van der Waals surface area contributed by atoms with Crippen molar-refractivity contribution in [2.75, 3.05) is 53.6 Å². The van der Waals surface area contributed by atoms with Crippen LogP contribution in [0.5, 0.6) is 0 Å². The largest absolute Gasteiger partial charge is 0.379 e. The predicted molar refractivity (Wildman–Crippen MR) is 95.5 cm³/mol. The average molecular weight is 347 g/mol. The maximum Gasteiger partial charge on any atom is 0.253 e. The first-order valence-electron chi connectivity index (χ1n) is 9.14. The zero-order valence-corrected chi connectivity index (χ0v) is 15.3. The molecule has 6 heteroatoms. The molecule has 0 aliphatic carbocycles. The minimum atomic E-state index is -0.0779. The number of carbonyl (C=O) groups excluding carboxylic acids is 1. The Morgan fingerprint density at radius 1 is 1.44 bits per heavy atom. The van der Waals surface area contributed by atoms with Gasteiger partial charge < -0.3 is 19.3 Å². The lowest BCUT2D eigenvalue weighted by atomic mass is 9.73. The first-order valence-corrected chi connectivity index (χ1v) is 9.14. The van der Waals surface area contributed by atoms with Crippen LogP contribution in [0.4, 0.5) is 0 Å². The van der Waals surface area contributed by atoms with Gasteiger partial charge in [0.15, 0.2) is 0 Å². The SMILES string of the molecule is CN(C)CCOCC12CCCOC1CCN(C(=O)c1ccncc1)C2. The van der Waals surface area contributed by atoms with E-state index < -0.39 is 0 Å². The van der Waals surface area contributed by atoms with E-state index in [1.54, 1.807) is 24.5 Å². The lowest BCUT2D eigenvalue weighted by molar-refractivity contribution is -0.147. The lowest BCUT2D eigenvalue weighted by Gasteiger charge is -2.50. The van der Waals surface area contributed by atoms with Gasteiger partial charge in [0.2, 0.25) is 0 Å².